The maximum absolute atomic E-state index is 10.8. The largest absolute Gasteiger partial charge is 0.461 e. The predicted molar refractivity (Wildman–Crippen MR) is 57.7 cm³/mol. The highest BCUT2D eigenvalue weighted by atomic mass is 16.7. The first-order valence-corrected chi connectivity index (χ1v) is 4.96. The zero-order valence-corrected chi connectivity index (χ0v) is 10.3. The standard InChI is InChI=1S/C11H16O6/c1-7(6-15-8(2)12)5-11(16-9(3)13)17-10(4)14/h5,11H,6H2,1-4H3/b7-5+. The van der Waals surface area contributed by atoms with Crippen LogP contribution in [0.2, 0.25) is 0 Å². The lowest BCUT2D eigenvalue weighted by Gasteiger charge is -2.14. The lowest BCUT2D eigenvalue weighted by Crippen LogP contribution is -2.21. The molecule has 17 heavy (non-hydrogen) atoms. The lowest BCUT2D eigenvalue weighted by molar-refractivity contribution is -0.176. The van der Waals surface area contributed by atoms with Gasteiger partial charge in [0.15, 0.2) is 0 Å². The summed E-state index contributed by atoms with van der Waals surface area (Å²) in [5.41, 5.74) is 0.604. The van der Waals surface area contributed by atoms with Crippen molar-refractivity contribution in [2.24, 2.45) is 0 Å². The van der Waals surface area contributed by atoms with Gasteiger partial charge < -0.3 is 14.2 Å². The SMILES string of the molecule is CC(=O)OC/C(C)=C/C(OC(C)=O)OC(C)=O. The van der Waals surface area contributed by atoms with E-state index in [0.717, 1.165) is 0 Å². The van der Waals surface area contributed by atoms with Gasteiger partial charge in [-0.3, -0.25) is 14.4 Å². The topological polar surface area (TPSA) is 78.9 Å². The van der Waals surface area contributed by atoms with E-state index in [-0.39, 0.29) is 6.61 Å². The van der Waals surface area contributed by atoms with Crippen LogP contribution in [0.25, 0.3) is 0 Å². The predicted octanol–water partition coefficient (Wildman–Crippen LogP) is 0.948. The van der Waals surface area contributed by atoms with Crippen molar-refractivity contribution in [3.8, 4) is 0 Å². The molecule has 0 radical (unpaired) electrons. The monoisotopic (exact) mass is 244 g/mol. The van der Waals surface area contributed by atoms with Crippen molar-refractivity contribution in [2.45, 2.75) is 34.0 Å². The Morgan fingerprint density at radius 2 is 1.41 bits per heavy atom. The zero-order chi connectivity index (χ0) is 13.4. The summed E-state index contributed by atoms with van der Waals surface area (Å²) in [6.45, 7) is 5.39. The number of ether oxygens (including phenoxy) is 3. The average Bonchev–Trinajstić information content (AvgIpc) is 2.12. The Morgan fingerprint density at radius 1 is 0.941 bits per heavy atom. The van der Waals surface area contributed by atoms with Gasteiger partial charge in [0.05, 0.1) is 0 Å². The molecule has 0 saturated heterocycles. The molecule has 0 rings (SSSR count). The van der Waals surface area contributed by atoms with E-state index in [2.05, 4.69) is 0 Å². The van der Waals surface area contributed by atoms with Crippen molar-refractivity contribution in [1.82, 2.24) is 0 Å². The van der Waals surface area contributed by atoms with E-state index in [1.807, 2.05) is 0 Å². The Bertz CT molecular complexity index is 315. The highest BCUT2D eigenvalue weighted by Gasteiger charge is 2.12. The fourth-order valence-electron chi connectivity index (χ4n) is 0.915. The lowest BCUT2D eigenvalue weighted by atomic mass is 10.3. The second-order valence-electron chi connectivity index (χ2n) is 3.38. The third-order valence-electron chi connectivity index (χ3n) is 1.49. The number of hydrogen-bond acceptors (Lipinski definition) is 6. The molecule has 0 aromatic heterocycles. The second-order valence-corrected chi connectivity index (χ2v) is 3.38. The van der Waals surface area contributed by atoms with Crippen LogP contribution in [0.1, 0.15) is 27.7 Å². The molecule has 0 saturated carbocycles. The molecule has 0 amide bonds. The molecular weight excluding hydrogens is 228 g/mol. The van der Waals surface area contributed by atoms with Crippen LogP contribution in [0.15, 0.2) is 11.6 Å². The molecule has 6 nitrogen and oxygen atoms in total. The van der Waals surface area contributed by atoms with Crippen molar-refractivity contribution in [2.75, 3.05) is 6.61 Å². The van der Waals surface area contributed by atoms with E-state index in [0.29, 0.717) is 5.57 Å². The Balaban J connectivity index is 4.46. The molecule has 0 aliphatic carbocycles. The second kappa shape index (κ2) is 7.43. The molecule has 0 bridgehead atoms. The minimum atomic E-state index is -1.10. The number of rotatable bonds is 5. The van der Waals surface area contributed by atoms with Crippen molar-refractivity contribution < 1.29 is 28.6 Å². The van der Waals surface area contributed by atoms with Crippen LogP contribution in [-0.2, 0) is 28.6 Å². The van der Waals surface area contributed by atoms with Gasteiger partial charge in [-0.15, -0.1) is 0 Å². The molecule has 6 heteroatoms. The maximum Gasteiger partial charge on any atom is 0.305 e. The molecule has 0 spiro atoms. The molecule has 0 unspecified atom stereocenters. The quantitative estimate of drug-likeness (QED) is 0.407. The average molecular weight is 244 g/mol. The van der Waals surface area contributed by atoms with Crippen LogP contribution < -0.4 is 0 Å². The third kappa shape index (κ3) is 9.10. The van der Waals surface area contributed by atoms with Crippen molar-refractivity contribution in [3.63, 3.8) is 0 Å². The van der Waals surface area contributed by atoms with Gasteiger partial charge in [0.2, 0.25) is 0 Å². The molecule has 0 aromatic carbocycles. The van der Waals surface area contributed by atoms with Crippen molar-refractivity contribution in [1.29, 1.82) is 0 Å². The Hall–Kier alpha value is -1.85. The molecule has 0 heterocycles. The van der Waals surface area contributed by atoms with Crippen LogP contribution in [0.4, 0.5) is 0 Å². The fraction of sp³-hybridized carbons (Fsp3) is 0.545. The minimum Gasteiger partial charge on any atom is -0.461 e. The van der Waals surface area contributed by atoms with Gasteiger partial charge in [-0.1, -0.05) is 0 Å². The summed E-state index contributed by atoms with van der Waals surface area (Å²) < 4.78 is 14.2. The highest BCUT2D eigenvalue weighted by Crippen LogP contribution is 2.04. The number of carbonyl (C=O) groups excluding carboxylic acids is 3. The molecule has 0 fully saturated rings. The summed E-state index contributed by atoms with van der Waals surface area (Å²) in [4.78, 5) is 32.1. The summed E-state index contributed by atoms with van der Waals surface area (Å²) in [7, 11) is 0. The smallest absolute Gasteiger partial charge is 0.305 e. The Kier molecular flexibility index (Phi) is 6.62. The number of hydrogen-bond donors (Lipinski definition) is 0. The maximum atomic E-state index is 10.8. The summed E-state index contributed by atoms with van der Waals surface area (Å²) in [5, 5.41) is 0. The highest BCUT2D eigenvalue weighted by molar-refractivity contribution is 5.68. The molecule has 0 N–H and O–H groups in total. The molecule has 96 valence electrons. The minimum absolute atomic E-state index is 0.0500. The van der Waals surface area contributed by atoms with Crippen LogP contribution in [0, 0.1) is 0 Å². The third-order valence-corrected chi connectivity index (χ3v) is 1.49. The number of esters is 3. The van der Waals surface area contributed by atoms with E-state index in [9.17, 15) is 14.4 Å². The number of carbonyl (C=O) groups is 3. The molecule has 0 aromatic rings. The fourth-order valence-corrected chi connectivity index (χ4v) is 0.915. The van der Waals surface area contributed by atoms with Crippen LogP contribution in [0.5, 0.6) is 0 Å². The van der Waals surface area contributed by atoms with Gasteiger partial charge in [-0.05, 0) is 18.6 Å². The van der Waals surface area contributed by atoms with Gasteiger partial charge in [0, 0.05) is 20.8 Å². The van der Waals surface area contributed by atoms with E-state index < -0.39 is 24.2 Å². The van der Waals surface area contributed by atoms with Crippen molar-refractivity contribution >= 4 is 17.9 Å². The Labute approximate surface area is 99.5 Å². The van der Waals surface area contributed by atoms with Crippen LogP contribution in [-0.4, -0.2) is 30.8 Å². The normalized spacial score (nSPS) is 11.0. The van der Waals surface area contributed by atoms with Crippen LogP contribution in [0.3, 0.4) is 0 Å². The van der Waals surface area contributed by atoms with E-state index in [1.54, 1.807) is 6.92 Å². The summed E-state index contributed by atoms with van der Waals surface area (Å²) in [6, 6.07) is 0. The van der Waals surface area contributed by atoms with Gasteiger partial charge in [0.1, 0.15) is 6.61 Å². The zero-order valence-electron chi connectivity index (χ0n) is 10.3. The van der Waals surface area contributed by atoms with Gasteiger partial charge >= 0.3 is 17.9 Å². The molecule has 0 aliphatic rings. The first-order chi connectivity index (χ1) is 7.81. The first kappa shape index (κ1) is 15.2. The van der Waals surface area contributed by atoms with Gasteiger partial charge in [-0.25, -0.2) is 0 Å². The summed E-state index contributed by atoms with van der Waals surface area (Å²) in [6.07, 6.45) is 0.298. The van der Waals surface area contributed by atoms with Crippen molar-refractivity contribution in [3.05, 3.63) is 11.6 Å². The Morgan fingerprint density at radius 3 is 1.76 bits per heavy atom. The molecule has 0 aliphatic heterocycles. The van der Waals surface area contributed by atoms with E-state index in [1.165, 1.54) is 26.8 Å². The van der Waals surface area contributed by atoms with Gasteiger partial charge in [0.25, 0.3) is 6.29 Å². The molecule has 0 atom stereocenters. The van der Waals surface area contributed by atoms with Gasteiger partial charge in [-0.2, -0.15) is 0 Å². The van der Waals surface area contributed by atoms with Crippen LogP contribution >= 0.6 is 0 Å². The van der Waals surface area contributed by atoms with E-state index >= 15 is 0 Å². The summed E-state index contributed by atoms with van der Waals surface area (Å²) >= 11 is 0. The summed E-state index contributed by atoms with van der Waals surface area (Å²) in [5.74, 6) is -1.57. The molecular formula is C11H16O6. The van der Waals surface area contributed by atoms with E-state index in [4.69, 9.17) is 14.2 Å². The first-order valence-electron chi connectivity index (χ1n) is 4.96.